The molecule has 0 aliphatic heterocycles. The molecule has 5 heteroatoms. The zero-order chi connectivity index (χ0) is 15.1. The Morgan fingerprint density at radius 2 is 2.00 bits per heavy atom. The maximum Gasteiger partial charge on any atom is 0.411 e. The van der Waals surface area contributed by atoms with E-state index in [1.165, 1.54) is 6.42 Å². The van der Waals surface area contributed by atoms with Crippen LogP contribution < -0.4 is 10.1 Å². The fraction of sp³-hybridized carbons (Fsp3) is 0.500. The quantitative estimate of drug-likeness (QED) is 0.678. The molecule has 0 saturated heterocycles. The van der Waals surface area contributed by atoms with E-state index >= 15 is 0 Å². The van der Waals surface area contributed by atoms with Crippen LogP contribution >= 0.6 is 0 Å². The molecule has 0 spiro atoms. The summed E-state index contributed by atoms with van der Waals surface area (Å²) in [6.07, 6.45) is 4.66. The summed E-state index contributed by atoms with van der Waals surface area (Å²) in [4.78, 5) is 23.4. The molecule has 114 valence electrons. The van der Waals surface area contributed by atoms with Gasteiger partial charge in [0.1, 0.15) is 5.75 Å². The number of benzene rings is 1. The number of hydrogen-bond acceptors (Lipinski definition) is 4. The van der Waals surface area contributed by atoms with Gasteiger partial charge in [0.2, 0.25) is 0 Å². The first-order valence-corrected chi connectivity index (χ1v) is 7.44. The predicted molar refractivity (Wildman–Crippen MR) is 79.3 cm³/mol. The zero-order valence-electron chi connectivity index (χ0n) is 12.3. The number of esters is 1. The van der Waals surface area contributed by atoms with E-state index in [-0.39, 0.29) is 11.9 Å². The largest absolute Gasteiger partial charge is 0.450 e. The molecule has 1 aromatic carbocycles. The van der Waals surface area contributed by atoms with Crippen LogP contribution in [0.2, 0.25) is 0 Å². The molecule has 5 nitrogen and oxygen atoms in total. The van der Waals surface area contributed by atoms with Gasteiger partial charge in [0, 0.05) is 11.8 Å². The number of anilines is 1. The van der Waals surface area contributed by atoms with E-state index in [9.17, 15) is 9.59 Å². The van der Waals surface area contributed by atoms with Gasteiger partial charge >= 0.3 is 12.1 Å². The highest BCUT2D eigenvalue weighted by molar-refractivity contribution is 5.85. The van der Waals surface area contributed by atoms with Crippen molar-refractivity contribution >= 4 is 17.7 Å². The number of hydrogen-bond donors (Lipinski definition) is 1. The summed E-state index contributed by atoms with van der Waals surface area (Å²) >= 11 is 0. The normalized spacial score (nSPS) is 15.3. The number of carbonyl (C=O) groups excluding carboxylic acids is 2. The minimum atomic E-state index is -0.520. The van der Waals surface area contributed by atoms with Crippen molar-refractivity contribution in [1.29, 1.82) is 0 Å². The SMILES string of the molecule is CCOC(=O)Nc1cccc(OC(=O)C2CCCCC2)c1. The average molecular weight is 291 g/mol. The topological polar surface area (TPSA) is 64.6 Å². The minimum absolute atomic E-state index is 0.000391. The van der Waals surface area contributed by atoms with Crippen LogP contribution in [-0.2, 0) is 9.53 Å². The molecule has 1 aliphatic rings. The Labute approximate surface area is 124 Å². The lowest BCUT2D eigenvalue weighted by molar-refractivity contribution is -0.139. The first-order valence-electron chi connectivity index (χ1n) is 7.44. The number of nitrogens with one attached hydrogen (secondary N) is 1. The standard InChI is InChI=1S/C16H21NO4/c1-2-20-16(19)17-13-9-6-10-14(11-13)21-15(18)12-7-4-3-5-8-12/h6,9-12H,2-5,7-8H2,1H3,(H,17,19). The Balaban J connectivity index is 1.93. The molecule has 1 aliphatic carbocycles. The summed E-state index contributed by atoms with van der Waals surface area (Å²) in [6, 6.07) is 6.77. The van der Waals surface area contributed by atoms with Gasteiger partial charge in [-0.3, -0.25) is 10.1 Å². The third-order valence-corrected chi connectivity index (χ3v) is 3.51. The zero-order valence-corrected chi connectivity index (χ0v) is 12.3. The maximum absolute atomic E-state index is 12.1. The summed E-state index contributed by atoms with van der Waals surface area (Å²) in [5.74, 6) is 0.267. The summed E-state index contributed by atoms with van der Waals surface area (Å²) < 4.78 is 10.2. The maximum atomic E-state index is 12.1. The van der Waals surface area contributed by atoms with Crippen LogP contribution in [0.3, 0.4) is 0 Å². The van der Waals surface area contributed by atoms with Gasteiger partial charge in [-0.1, -0.05) is 25.3 Å². The van der Waals surface area contributed by atoms with Gasteiger partial charge in [0.05, 0.1) is 12.5 Å². The van der Waals surface area contributed by atoms with Gasteiger partial charge in [-0.2, -0.15) is 0 Å². The van der Waals surface area contributed by atoms with Crippen molar-refractivity contribution in [2.75, 3.05) is 11.9 Å². The van der Waals surface area contributed by atoms with Crippen molar-refractivity contribution in [3.63, 3.8) is 0 Å². The van der Waals surface area contributed by atoms with Gasteiger partial charge < -0.3 is 9.47 Å². The molecule has 1 aromatic rings. The molecule has 0 unspecified atom stereocenters. The van der Waals surface area contributed by atoms with Gasteiger partial charge in [-0.15, -0.1) is 0 Å². The first kappa shape index (κ1) is 15.4. The third-order valence-electron chi connectivity index (χ3n) is 3.51. The van der Waals surface area contributed by atoms with Gasteiger partial charge in [0.25, 0.3) is 0 Å². The summed E-state index contributed by atoms with van der Waals surface area (Å²) in [6.45, 7) is 2.05. The molecule has 0 heterocycles. The van der Waals surface area contributed by atoms with Crippen LogP contribution in [0.4, 0.5) is 10.5 Å². The summed E-state index contributed by atoms with van der Waals surface area (Å²) in [5.41, 5.74) is 0.544. The van der Waals surface area contributed by atoms with E-state index in [1.807, 2.05) is 0 Å². The van der Waals surface area contributed by atoms with Gasteiger partial charge in [0.15, 0.2) is 0 Å². The van der Waals surface area contributed by atoms with Crippen molar-refractivity contribution in [3.8, 4) is 5.75 Å². The van der Waals surface area contributed by atoms with Crippen LogP contribution in [0, 0.1) is 5.92 Å². The van der Waals surface area contributed by atoms with E-state index < -0.39 is 6.09 Å². The number of carbonyl (C=O) groups is 2. The molecular formula is C16H21NO4. The lowest BCUT2D eigenvalue weighted by Gasteiger charge is -2.19. The molecule has 0 radical (unpaired) electrons. The van der Waals surface area contributed by atoms with Crippen molar-refractivity contribution in [1.82, 2.24) is 0 Å². The number of amides is 1. The van der Waals surface area contributed by atoms with E-state index in [0.29, 0.717) is 18.0 Å². The number of rotatable bonds is 4. The fourth-order valence-electron chi connectivity index (χ4n) is 2.46. The monoisotopic (exact) mass is 291 g/mol. The van der Waals surface area contributed by atoms with Crippen LogP contribution in [-0.4, -0.2) is 18.7 Å². The Morgan fingerprint density at radius 3 is 2.71 bits per heavy atom. The molecule has 1 saturated carbocycles. The molecule has 2 rings (SSSR count). The molecule has 1 fully saturated rings. The van der Waals surface area contributed by atoms with E-state index in [0.717, 1.165) is 25.7 Å². The minimum Gasteiger partial charge on any atom is -0.450 e. The smallest absolute Gasteiger partial charge is 0.411 e. The molecule has 0 bridgehead atoms. The summed E-state index contributed by atoms with van der Waals surface area (Å²) in [7, 11) is 0. The predicted octanol–water partition coefficient (Wildman–Crippen LogP) is 3.74. The lowest BCUT2D eigenvalue weighted by Crippen LogP contribution is -2.22. The first-order chi connectivity index (χ1) is 10.2. The molecular weight excluding hydrogens is 270 g/mol. The van der Waals surface area contributed by atoms with Crippen LogP contribution in [0.25, 0.3) is 0 Å². The lowest BCUT2D eigenvalue weighted by atomic mass is 9.89. The Morgan fingerprint density at radius 1 is 1.24 bits per heavy atom. The second kappa shape index (κ2) is 7.67. The third kappa shape index (κ3) is 4.77. The second-order valence-electron chi connectivity index (χ2n) is 5.13. The van der Waals surface area contributed by atoms with Gasteiger partial charge in [-0.25, -0.2) is 4.79 Å². The molecule has 0 aromatic heterocycles. The Hall–Kier alpha value is -2.04. The molecule has 21 heavy (non-hydrogen) atoms. The van der Waals surface area contributed by atoms with Crippen LogP contribution in [0.5, 0.6) is 5.75 Å². The van der Waals surface area contributed by atoms with E-state index in [2.05, 4.69) is 5.32 Å². The summed E-state index contributed by atoms with van der Waals surface area (Å²) in [5, 5.41) is 2.58. The van der Waals surface area contributed by atoms with Crippen molar-refractivity contribution in [2.24, 2.45) is 5.92 Å². The fourth-order valence-corrected chi connectivity index (χ4v) is 2.46. The Bertz CT molecular complexity index is 495. The van der Waals surface area contributed by atoms with Crippen LogP contribution in [0.1, 0.15) is 39.0 Å². The molecule has 0 atom stereocenters. The van der Waals surface area contributed by atoms with Crippen LogP contribution in [0.15, 0.2) is 24.3 Å². The number of ether oxygens (including phenoxy) is 2. The van der Waals surface area contributed by atoms with E-state index in [1.54, 1.807) is 31.2 Å². The van der Waals surface area contributed by atoms with Crippen molar-refractivity contribution < 1.29 is 19.1 Å². The van der Waals surface area contributed by atoms with Gasteiger partial charge in [-0.05, 0) is 31.9 Å². The van der Waals surface area contributed by atoms with Crippen molar-refractivity contribution in [3.05, 3.63) is 24.3 Å². The highest BCUT2D eigenvalue weighted by atomic mass is 16.5. The van der Waals surface area contributed by atoms with E-state index in [4.69, 9.17) is 9.47 Å². The van der Waals surface area contributed by atoms with Crippen molar-refractivity contribution in [2.45, 2.75) is 39.0 Å². The second-order valence-corrected chi connectivity index (χ2v) is 5.13. The highest BCUT2D eigenvalue weighted by Crippen LogP contribution is 2.26. The molecule has 1 amide bonds. The molecule has 1 N–H and O–H groups in total. The highest BCUT2D eigenvalue weighted by Gasteiger charge is 2.23. The average Bonchev–Trinajstić information content (AvgIpc) is 2.48. The Kier molecular flexibility index (Phi) is 5.60.